The summed E-state index contributed by atoms with van der Waals surface area (Å²) in [6, 6.07) is 6.19. The molecule has 0 spiro atoms. The van der Waals surface area contributed by atoms with Gasteiger partial charge in [-0.2, -0.15) is 0 Å². The molecule has 0 unspecified atom stereocenters. The third-order valence-corrected chi connectivity index (χ3v) is 4.48. The molecule has 2 aliphatic rings. The number of nitrogens with zero attached hydrogens (tertiary/aromatic N) is 2. The molecule has 1 saturated heterocycles. The lowest BCUT2D eigenvalue weighted by Crippen LogP contribution is -2.51. The molecular formula is C15H20N2O. The lowest BCUT2D eigenvalue weighted by Gasteiger charge is -2.47. The van der Waals surface area contributed by atoms with E-state index in [-0.39, 0.29) is 5.56 Å². The summed E-state index contributed by atoms with van der Waals surface area (Å²) in [5.74, 6) is 1.10. The van der Waals surface area contributed by atoms with E-state index in [0.717, 1.165) is 19.5 Å². The lowest BCUT2D eigenvalue weighted by molar-refractivity contribution is 0.0838. The van der Waals surface area contributed by atoms with E-state index in [2.05, 4.69) is 24.6 Å². The van der Waals surface area contributed by atoms with Gasteiger partial charge in [-0.25, -0.2) is 0 Å². The SMILES string of the molecule is C=CC[C@@H]1[C@@H]2C[C@H](CN1C)Cn1c2cccc1=O. The molecule has 3 nitrogen and oxygen atoms in total. The maximum Gasteiger partial charge on any atom is 0.250 e. The Hall–Kier alpha value is -1.35. The molecule has 3 atom stereocenters. The third kappa shape index (κ3) is 1.74. The summed E-state index contributed by atoms with van der Waals surface area (Å²) in [5.41, 5.74) is 1.38. The Kier molecular flexibility index (Phi) is 2.86. The molecule has 3 heterocycles. The molecule has 0 aliphatic carbocycles. The van der Waals surface area contributed by atoms with E-state index in [4.69, 9.17) is 0 Å². The zero-order chi connectivity index (χ0) is 12.7. The highest BCUT2D eigenvalue weighted by molar-refractivity contribution is 5.19. The number of aromatic nitrogens is 1. The Morgan fingerprint density at radius 1 is 1.44 bits per heavy atom. The van der Waals surface area contributed by atoms with E-state index in [1.165, 1.54) is 12.1 Å². The molecule has 0 N–H and O–H groups in total. The van der Waals surface area contributed by atoms with Crippen LogP contribution in [0, 0.1) is 5.92 Å². The van der Waals surface area contributed by atoms with Gasteiger partial charge in [0.05, 0.1) is 0 Å². The Balaban J connectivity index is 2.06. The number of likely N-dealkylation sites (tertiary alicyclic amines) is 1. The van der Waals surface area contributed by atoms with Gasteiger partial charge in [-0.1, -0.05) is 12.1 Å². The topological polar surface area (TPSA) is 25.2 Å². The van der Waals surface area contributed by atoms with E-state index < -0.39 is 0 Å². The van der Waals surface area contributed by atoms with Gasteiger partial charge in [0.25, 0.3) is 5.56 Å². The van der Waals surface area contributed by atoms with Crippen molar-refractivity contribution in [3.05, 3.63) is 46.9 Å². The van der Waals surface area contributed by atoms with Crippen molar-refractivity contribution in [1.29, 1.82) is 0 Å². The molecule has 0 saturated carbocycles. The van der Waals surface area contributed by atoms with E-state index >= 15 is 0 Å². The fraction of sp³-hybridized carbons (Fsp3) is 0.533. The Labute approximate surface area is 108 Å². The molecule has 3 rings (SSSR count). The summed E-state index contributed by atoms with van der Waals surface area (Å²) >= 11 is 0. The first kappa shape index (κ1) is 11.7. The molecule has 2 bridgehead atoms. The molecule has 18 heavy (non-hydrogen) atoms. The predicted molar refractivity (Wildman–Crippen MR) is 72.8 cm³/mol. The molecule has 3 heteroatoms. The smallest absolute Gasteiger partial charge is 0.250 e. The third-order valence-electron chi connectivity index (χ3n) is 4.48. The average Bonchev–Trinajstić information content (AvgIpc) is 2.35. The van der Waals surface area contributed by atoms with Gasteiger partial charge in [-0.05, 0) is 31.9 Å². The quantitative estimate of drug-likeness (QED) is 0.742. The molecule has 1 fully saturated rings. The Morgan fingerprint density at radius 3 is 3.06 bits per heavy atom. The van der Waals surface area contributed by atoms with Crippen molar-refractivity contribution in [2.24, 2.45) is 5.92 Å². The summed E-state index contributed by atoms with van der Waals surface area (Å²) in [5, 5.41) is 0. The van der Waals surface area contributed by atoms with Crippen LogP contribution in [0.3, 0.4) is 0 Å². The highest BCUT2D eigenvalue weighted by atomic mass is 16.1. The monoisotopic (exact) mass is 244 g/mol. The lowest BCUT2D eigenvalue weighted by atomic mass is 9.77. The molecule has 2 aliphatic heterocycles. The van der Waals surface area contributed by atoms with Crippen LogP contribution in [-0.2, 0) is 6.54 Å². The highest BCUT2D eigenvalue weighted by Crippen LogP contribution is 2.39. The maximum atomic E-state index is 12.0. The van der Waals surface area contributed by atoms with Gasteiger partial charge in [0.1, 0.15) is 0 Å². The van der Waals surface area contributed by atoms with Crippen molar-refractivity contribution in [2.75, 3.05) is 13.6 Å². The van der Waals surface area contributed by atoms with Crippen molar-refractivity contribution in [3.8, 4) is 0 Å². The number of piperidine rings is 1. The predicted octanol–water partition coefficient (Wildman–Crippen LogP) is 1.84. The van der Waals surface area contributed by atoms with Gasteiger partial charge >= 0.3 is 0 Å². The second kappa shape index (κ2) is 4.39. The summed E-state index contributed by atoms with van der Waals surface area (Å²) in [6.07, 6.45) is 4.21. The van der Waals surface area contributed by atoms with Crippen LogP contribution in [0.1, 0.15) is 24.5 Å². The molecule has 0 amide bonds. The summed E-state index contributed by atoms with van der Waals surface area (Å²) in [6.45, 7) is 5.85. The largest absolute Gasteiger partial charge is 0.312 e. The van der Waals surface area contributed by atoms with Crippen LogP contribution in [-0.4, -0.2) is 29.1 Å². The van der Waals surface area contributed by atoms with E-state index in [1.807, 2.05) is 16.7 Å². The minimum Gasteiger partial charge on any atom is -0.312 e. The van der Waals surface area contributed by atoms with E-state index in [0.29, 0.717) is 17.9 Å². The first-order valence-corrected chi connectivity index (χ1v) is 6.71. The summed E-state index contributed by atoms with van der Waals surface area (Å²) in [4.78, 5) is 14.4. The number of pyridine rings is 1. The molecule has 0 radical (unpaired) electrons. The fourth-order valence-corrected chi connectivity index (χ4v) is 3.72. The highest BCUT2D eigenvalue weighted by Gasteiger charge is 2.39. The van der Waals surface area contributed by atoms with Crippen LogP contribution in [0.5, 0.6) is 0 Å². The molecule has 96 valence electrons. The minimum atomic E-state index is 0.157. The fourth-order valence-electron chi connectivity index (χ4n) is 3.72. The van der Waals surface area contributed by atoms with Crippen LogP contribution in [0.15, 0.2) is 35.6 Å². The number of hydrogen-bond donors (Lipinski definition) is 0. The molecule has 1 aromatic heterocycles. The standard InChI is InChI=1S/C15H20N2O/c1-3-5-13-12-8-11(9-16(13)2)10-17-14(12)6-4-7-15(17)18/h3-4,6-7,11-13H,1,5,8-10H2,2H3/t11-,12+,13-/m1/s1. The van der Waals surface area contributed by atoms with Gasteiger partial charge in [-0.3, -0.25) is 4.79 Å². The number of fused-ring (bicyclic) bond motifs is 4. The van der Waals surface area contributed by atoms with Gasteiger partial charge in [-0.15, -0.1) is 6.58 Å². The zero-order valence-electron chi connectivity index (χ0n) is 10.9. The normalized spacial score (nSPS) is 30.8. The average molecular weight is 244 g/mol. The van der Waals surface area contributed by atoms with Crippen molar-refractivity contribution in [2.45, 2.75) is 31.3 Å². The number of hydrogen-bond acceptors (Lipinski definition) is 2. The van der Waals surface area contributed by atoms with Crippen LogP contribution in [0.2, 0.25) is 0 Å². The second-order valence-corrected chi connectivity index (χ2v) is 5.64. The van der Waals surface area contributed by atoms with Gasteiger partial charge in [0.2, 0.25) is 0 Å². The van der Waals surface area contributed by atoms with Crippen LogP contribution >= 0.6 is 0 Å². The molecule has 0 aromatic carbocycles. The van der Waals surface area contributed by atoms with Gasteiger partial charge in [0, 0.05) is 36.8 Å². The van der Waals surface area contributed by atoms with E-state index in [9.17, 15) is 4.79 Å². The second-order valence-electron chi connectivity index (χ2n) is 5.64. The number of likely N-dealkylation sites (N-methyl/N-ethyl adjacent to an activating group) is 1. The van der Waals surface area contributed by atoms with Crippen LogP contribution in [0.4, 0.5) is 0 Å². The minimum absolute atomic E-state index is 0.157. The zero-order valence-corrected chi connectivity index (χ0v) is 10.9. The van der Waals surface area contributed by atoms with Crippen molar-refractivity contribution < 1.29 is 0 Å². The van der Waals surface area contributed by atoms with E-state index in [1.54, 1.807) is 6.07 Å². The first-order chi connectivity index (χ1) is 8.70. The number of rotatable bonds is 2. The van der Waals surface area contributed by atoms with Crippen molar-refractivity contribution in [3.63, 3.8) is 0 Å². The van der Waals surface area contributed by atoms with Gasteiger partial charge < -0.3 is 9.47 Å². The van der Waals surface area contributed by atoms with Crippen molar-refractivity contribution >= 4 is 0 Å². The van der Waals surface area contributed by atoms with Crippen molar-refractivity contribution in [1.82, 2.24) is 9.47 Å². The van der Waals surface area contributed by atoms with Crippen LogP contribution in [0.25, 0.3) is 0 Å². The van der Waals surface area contributed by atoms with Gasteiger partial charge in [0.15, 0.2) is 0 Å². The first-order valence-electron chi connectivity index (χ1n) is 6.71. The van der Waals surface area contributed by atoms with Crippen LogP contribution < -0.4 is 5.56 Å². The Morgan fingerprint density at radius 2 is 2.28 bits per heavy atom. The molecule has 1 aromatic rings. The summed E-state index contributed by atoms with van der Waals surface area (Å²) in [7, 11) is 2.20. The summed E-state index contributed by atoms with van der Waals surface area (Å²) < 4.78 is 1.99. The molecular weight excluding hydrogens is 224 g/mol. The maximum absolute atomic E-state index is 12.0. The Bertz CT molecular complexity index is 519.